The minimum atomic E-state index is 0.0133. The van der Waals surface area contributed by atoms with Crippen LogP contribution >= 0.6 is 0 Å². The van der Waals surface area contributed by atoms with Crippen LogP contribution in [0, 0.1) is 0 Å². The molecular formula is C19H21NO3. The van der Waals surface area contributed by atoms with E-state index in [0.29, 0.717) is 18.7 Å². The first-order chi connectivity index (χ1) is 11.2. The van der Waals surface area contributed by atoms with Gasteiger partial charge in [0, 0.05) is 19.2 Å². The summed E-state index contributed by atoms with van der Waals surface area (Å²) in [5.41, 5.74) is 3.82. The number of methoxy groups -OCH3 is 2. The number of hydrogen-bond donors (Lipinski definition) is 0. The molecule has 2 aromatic rings. The summed E-state index contributed by atoms with van der Waals surface area (Å²) in [5, 5.41) is 0. The molecule has 4 nitrogen and oxygen atoms in total. The molecule has 120 valence electrons. The summed E-state index contributed by atoms with van der Waals surface area (Å²) >= 11 is 0. The number of nitrogens with zero attached hydrogens (tertiary/aromatic N) is 1. The first-order valence-electron chi connectivity index (χ1n) is 7.80. The molecule has 0 bridgehead atoms. The van der Waals surface area contributed by atoms with Gasteiger partial charge in [-0.2, -0.15) is 0 Å². The van der Waals surface area contributed by atoms with Gasteiger partial charge in [-0.15, -0.1) is 0 Å². The lowest BCUT2D eigenvalue weighted by Gasteiger charge is -2.31. The molecule has 1 aliphatic rings. The van der Waals surface area contributed by atoms with Crippen molar-refractivity contribution in [3.05, 3.63) is 59.2 Å². The summed E-state index contributed by atoms with van der Waals surface area (Å²) in [5.74, 6) is 0.769. The SMILES string of the molecule is COCc1ccc(C(=O)N2CCCc3cccc(OC)c32)cc1. The Morgan fingerprint density at radius 3 is 2.61 bits per heavy atom. The number of carbonyl (C=O) groups excluding carboxylic acids is 1. The first kappa shape index (κ1) is 15.6. The smallest absolute Gasteiger partial charge is 0.258 e. The van der Waals surface area contributed by atoms with E-state index in [1.165, 1.54) is 5.56 Å². The molecule has 2 aromatic carbocycles. The van der Waals surface area contributed by atoms with Crippen molar-refractivity contribution in [1.82, 2.24) is 0 Å². The van der Waals surface area contributed by atoms with Crippen LogP contribution < -0.4 is 9.64 Å². The molecule has 1 amide bonds. The van der Waals surface area contributed by atoms with Crippen LogP contribution in [-0.2, 0) is 17.8 Å². The van der Waals surface area contributed by atoms with Gasteiger partial charge < -0.3 is 14.4 Å². The number of aryl methyl sites for hydroxylation is 1. The van der Waals surface area contributed by atoms with Crippen molar-refractivity contribution in [2.75, 3.05) is 25.7 Å². The Kier molecular flexibility index (Phi) is 4.63. The minimum absolute atomic E-state index is 0.0133. The van der Waals surface area contributed by atoms with Crippen molar-refractivity contribution < 1.29 is 14.3 Å². The maximum Gasteiger partial charge on any atom is 0.258 e. The Labute approximate surface area is 136 Å². The number of amides is 1. The molecular weight excluding hydrogens is 290 g/mol. The minimum Gasteiger partial charge on any atom is -0.495 e. The van der Waals surface area contributed by atoms with E-state index in [1.807, 2.05) is 41.3 Å². The predicted molar refractivity (Wildman–Crippen MR) is 90.1 cm³/mol. The molecule has 0 unspecified atom stereocenters. The van der Waals surface area contributed by atoms with Gasteiger partial charge in [-0.05, 0) is 42.2 Å². The fourth-order valence-corrected chi connectivity index (χ4v) is 3.05. The van der Waals surface area contributed by atoms with Crippen LogP contribution in [0.2, 0.25) is 0 Å². The highest BCUT2D eigenvalue weighted by atomic mass is 16.5. The Morgan fingerprint density at radius 2 is 1.91 bits per heavy atom. The number of anilines is 1. The first-order valence-corrected chi connectivity index (χ1v) is 7.80. The quantitative estimate of drug-likeness (QED) is 0.868. The van der Waals surface area contributed by atoms with Gasteiger partial charge in [-0.1, -0.05) is 24.3 Å². The summed E-state index contributed by atoms with van der Waals surface area (Å²) < 4.78 is 10.6. The maximum atomic E-state index is 12.9. The van der Waals surface area contributed by atoms with Crippen molar-refractivity contribution in [2.24, 2.45) is 0 Å². The Balaban J connectivity index is 1.92. The highest BCUT2D eigenvalue weighted by Gasteiger charge is 2.26. The van der Waals surface area contributed by atoms with Crippen molar-refractivity contribution in [2.45, 2.75) is 19.4 Å². The van der Waals surface area contributed by atoms with E-state index in [1.54, 1.807) is 14.2 Å². The molecule has 0 atom stereocenters. The molecule has 3 rings (SSSR count). The van der Waals surface area contributed by atoms with Crippen molar-refractivity contribution in [3.8, 4) is 5.75 Å². The Bertz CT molecular complexity index is 680. The van der Waals surface area contributed by atoms with Crippen LogP contribution in [0.15, 0.2) is 42.5 Å². The summed E-state index contributed by atoms with van der Waals surface area (Å²) in [6, 6.07) is 13.5. The number of carbonyl (C=O) groups is 1. The molecule has 0 spiro atoms. The van der Waals surface area contributed by atoms with Gasteiger partial charge in [-0.25, -0.2) is 0 Å². The van der Waals surface area contributed by atoms with Gasteiger partial charge in [0.05, 0.1) is 19.4 Å². The van der Waals surface area contributed by atoms with Gasteiger partial charge in [0.15, 0.2) is 0 Å². The maximum absolute atomic E-state index is 12.9. The van der Waals surface area contributed by atoms with E-state index >= 15 is 0 Å². The number of hydrogen-bond acceptors (Lipinski definition) is 3. The third kappa shape index (κ3) is 3.08. The summed E-state index contributed by atoms with van der Waals surface area (Å²) in [4.78, 5) is 14.8. The van der Waals surface area contributed by atoms with Gasteiger partial charge in [-0.3, -0.25) is 4.79 Å². The predicted octanol–water partition coefficient (Wildman–Crippen LogP) is 3.43. The second-order valence-electron chi connectivity index (χ2n) is 5.66. The molecule has 1 aliphatic heterocycles. The second-order valence-corrected chi connectivity index (χ2v) is 5.66. The third-order valence-corrected chi connectivity index (χ3v) is 4.16. The molecule has 0 aliphatic carbocycles. The largest absolute Gasteiger partial charge is 0.495 e. The number of rotatable bonds is 4. The molecule has 0 saturated carbocycles. The molecule has 23 heavy (non-hydrogen) atoms. The van der Waals surface area contributed by atoms with E-state index < -0.39 is 0 Å². The standard InChI is InChI=1S/C19H21NO3/c1-22-13-14-8-10-16(11-9-14)19(21)20-12-4-6-15-5-3-7-17(23-2)18(15)20/h3,5,7-11H,4,6,12-13H2,1-2H3. The fourth-order valence-electron chi connectivity index (χ4n) is 3.05. The summed E-state index contributed by atoms with van der Waals surface area (Å²) in [6.07, 6.45) is 1.94. The highest BCUT2D eigenvalue weighted by Crippen LogP contribution is 2.36. The van der Waals surface area contributed by atoms with Gasteiger partial charge in [0.2, 0.25) is 0 Å². The molecule has 0 aromatic heterocycles. The van der Waals surface area contributed by atoms with Gasteiger partial charge >= 0.3 is 0 Å². The third-order valence-electron chi connectivity index (χ3n) is 4.16. The van der Waals surface area contributed by atoms with Crippen LogP contribution in [0.3, 0.4) is 0 Å². The topological polar surface area (TPSA) is 38.8 Å². The Morgan fingerprint density at radius 1 is 1.13 bits per heavy atom. The van der Waals surface area contributed by atoms with Crippen LogP contribution in [-0.4, -0.2) is 26.7 Å². The zero-order valence-electron chi connectivity index (χ0n) is 13.5. The second kappa shape index (κ2) is 6.84. The molecule has 0 N–H and O–H groups in total. The van der Waals surface area contributed by atoms with Crippen molar-refractivity contribution in [1.29, 1.82) is 0 Å². The molecule has 1 heterocycles. The lowest BCUT2D eigenvalue weighted by atomic mass is 9.99. The van der Waals surface area contributed by atoms with E-state index in [-0.39, 0.29) is 5.91 Å². The number of fused-ring (bicyclic) bond motifs is 1. The van der Waals surface area contributed by atoms with Crippen LogP contribution in [0.5, 0.6) is 5.75 Å². The van der Waals surface area contributed by atoms with Crippen molar-refractivity contribution >= 4 is 11.6 Å². The van der Waals surface area contributed by atoms with Crippen LogP contribution in [0.4, 0.5) is 5.69 Å². The zero-order chi connectivity index (χ0) is 16.2. The molecule has 0 radical (unpaired) electrons. The summed E-state index contributed by atoms with van der Waals surface area (Å²) in [6.45, 7) is 1.26. The Hall–Kier alpha value is -2.33. The van der Waals surface area contributed by atoms with E-state index in [2.05, 4.69) is 6.07 Å². The highest BCUT2D eigenvalue weighted by molar-refractivity contribution is 6.07. The number of para-hydroxylation sites is 1. The van der Waals surface area contributed by atoms with E-state index in [0.717, 1.165) is 29.8 Å². The molecule has 0 saturated heterocycles. The fraction of sp³-hybridized carbons (Fsp3) is 0.316. The monoisotopic (exact) mass is 311 g/mol. The number of benzene rings is 2. The average molecular weight is 311 g/mol. The number of ether oxygens (including phenoxy) is 2. The van der Waals surface area contributed by atoms with Gasteiger partial charge in [0.1, 0.15) is 5.75 Å². The lowest BCUT2D eigenvalue weighted by molar-refractivity contribution is 0.0984. The normalized spacial score (nSPS) is 13.6. The van der Waals surface area contributed by atoms with E-state index in [9.17, 15) is 4.79 Å². The van der Waals surface area contributed by atoms with Gasteiger partial charge in [0.25, 0.3) is 5.91 Å². The zero-order valence-corrected chi connectivity index (χ0v) is 13.5. The van der Waals surface area contributed by atoms with E-state index in [4.69, 9.17) is 9.47 Å². The molecule has 0 fully saturated rings. The van der Waals surface area contributed by atoms with Crippen molar-refractivity contribution in [3.63, 3.8) is 0 Å². The summed E-state index contributed by atoms with van der Waals surface area (Å²) in [7, 11) is 3.31. The van der Waals surface area contributed by atoms with Crippen LogP contribution in [0.25, 0.3) is 0 Å². The average Bonchev–Trinajstić information content (AvgIpc) is 2.61. The molecule has 4 heteroatoms. The lowest BCUT2D eigenvalue weighted by Crippen LogP contribution is -2.35. The van der Waals surface area contributed by atoms with Crippen LogP contribution in [0.1, 0.15) is 27.9 Å².